The Morgan fingerprint density at radius 3 is 2.50 bits per heavy atom. The van der Waals surface area contributed by atoms with Crippen molar-refractivity contribution in [3.63, 3.8) is 0 Å². The van der Waals surface area contributed by atoms with Crippen LogP contribution in [0, 0.1) is 17.8 Å². The number of likely N-dealkylation sites (N-methyl/N-ethyl adjacent to an activating group) is 1. The Labute approximate surface area is 241 Å². The van der Waals surface area contributed by atoms with Gasteiger partial charge in [-0.3, -0.25) is 14.7 Å². The van der Waals surface area contributed by atoms with E-state index in [0.717, 1.165) is 18.7 Å². The maximum absolute atomic E-state index is 13.2. The first kappa shape index (κ1) is 29.4. The van der Waals surface area contributed by atoms with Crippen LogP contribution in [0.3, 0.4) is 0 Å². The van der Waals surface area contributed by atoms with Crippen molar-refractivity contribution in [1.29, 1.82) is 0 Å². The van der Waals surface area contributed by atoms with Gasteiger partial charge in [-0.15, -0.1) is 13.2 Å². The first-order valence-electron chi connectivity index (χ1n) is 13.6. The average molecular weight is 587 g/mol. The highest BCUT2D eigenvalue weighted by Crippen LogP contribution is 2.52. The molecule has 13 heteroatoms. The summed E-state index contributed by atoms with van der Waals surface area (Å²) in [7, 11) is 3.54. The number of pyridine rings is 1. The molecular formula is C29H33F3N6O4. The minimum Gasteiger partial charge on any atom is -0.406 e. The van der Waals surface area contributed by atoms with Crippen LogP contribution >= 0.6 is 0 Å². The summed E-state index contributed by atoms with van der Waals surface area (Å²) in [5.74, 6) is 0.614. The number of nitrogens with zero attached hydrogens (tertiary/aromatic N) is 6. The van der Waals surface area contributed by atoms with Crippen LogP contribution < -0.4 is 9.47 Å². The second-order valence-electron chi connectivity index (χ2n) is 11.0. The van der Waals surface area contributed by atoms with E-state index in [0.29, 0.717) is 30.5 Å². The number of hydrogen-bond donors (Lipinski definition) is 0. The SMILES string of the molecule is CC(c1ccncc1)N(C)C(=O)CN1CC2C(C1)C2CN(Cc1cccc(OC(F)(F)F)c1)C(=O)Oc1cn(C)cn1. The largest absolute Gasteiger partial charge is 0.573 e. The number of alkyl halides is 3. The standard InChI is InChI=1S/C29H33F3N6O4/c1-19(21-7-9-33-10-8-21)36(3)27(39)17-37-13-23-24(14-37)25(23)15-38(28(40)41-26-16-35(2)18-34-26)12-20-5-4-6-22(11-20)42-29(30,31)32/h4-11,16,18-19,23-25H,12-15,17H2,1-3H3. The number of amides is 2. The zero-order valence-corrected chi connectivity index (χ0v) is 23.6. The van der Waals surface area contributed by atoms with Crippen LogP contribution in [0.2, 0.25) is 0 Å². The summed E-state index contributed by atoms with van der Waals surface area (Å²) >= 11 is 0. The van der Waals surface area contributed by atoms with Gasteiger partial charge in [0.25, 0.3) is 0 Å². The van der Waals surface area contributed by atoms with Crippen LogP contribution in [0.5, 0.6) is 11.6 Å². The molecule has 42 heavy (non-hydrogen) atoms. The van der Waals surface area contributed by atoms with Gasteiger partial charge < -0.3 is 23.8 Å². The van der Waals surface area contributed by atoms with E-state index < -0.39 is 12.5 Å². The lowest BCUT2D eigenvalue weighted by molar-refractivity contribution is -0.274. The lowest BCUT2D eigenvalue weighted by atomic mass is 10.1. The Kier molecular flexibility index (Phi) is 8.39. The molecule has 1 aromatic carbocycles. The van der Waals surface area contributed by atoms with E-state index in [-0.39, 0.29) is 36.0 Å². The number of hydrogen-bond acceptors (Lipinski definition) is 7. The van der Waals surface area contributed by atoms with Crippen molar-refractivity contribution in [2.45, 2.75) is 25.9 Å². The van der Waals surface area contributed by atoms with Crippen LogP contribution in [-0.4, -0.2) is 80.8 Å². The molecule has 2 amide bonds. The Bertz CT molecular complexity index is 1390. The average Bonchev–Trinajstić information content (AvgIpc) is 3.23. The summed E-state index contributed by atoms with van der Waals surface area (Å²) in [4.78, 5) is 39.6. The van der Waals surface area contributed by atoms with E-state index in [2.05, 4.69) is 19.6 Å². The number of likely N-dealkylation sites (tertiary alicyclic amines) is 1. The molecule has 1 saturated carbocycles. The van der Waals surface area contributed by atoms with Crippen LogP contribution in [0.15, 0.2) is 61.3 Å². The number of carbonyl (C=O) groups is 2. The predicted octanol–water partition coefficient (Wildman–Crippen LogP) is 4.11. The van der Waals surface area contributed by atoms with Gasteiger partial charge in [-0.2, -0.15) is 0 Å². The summed E-state index contributed by atoms with van der Waals surface area (Å²) in [6.45, 7) is 4.16. The van der Waals surface area contributed by atoms with Crippen LogP contribution in [0.4, 0.5) is 18.0 Å². The van der Waals surface area contributed by atoms with E-state index in [1.54, 1.807) is 48.2 Å². The molecule has 1 aliphatic heterocycles. The van der Waals surface area contributed by atoms with Crippen molar-refractivity contribution in [2.75, 3.05) is 33.2 Å². The molecule has 10 nitrogen and oxygen atoms in total. The smallest absolute Gasteiger partial charge is 0.406 e. The first-order valence-corrected chi connectivity index (χ1v) is 13.6. The van der Waals surface area contributed by atoms with Gasteiger partial charge >= 0.3 is 12.5 Å². The van der Waals surface area contributed by atoms with Crippen molar-refractivity contribution in [3.05, 3.63) is 72.4 Å². The molecule has 5 rings (SSSR count). The second-order valence-corrected chi connectivity index (χ2v) is 11.0. The monoisotopic (exact) mass is 586 g/mol. The number of imidazole rings is 1. The van der Waals surface area contributed by atoms with E-state index >= 15 is 0 Å². The van der Waals surface area contributed by atoms with Gasteiger partial charge in [0.15, 0.2) is 0 Å². The molecule has 0 radical (unpaired) electrons. The summed E-state index contributed by atoms with van der Waals surface area (Å²) in [5, 5.41) is 0. The lowest BCUT2D eigenvalue weighted by Gasteiger charge is -2.28. The van der Waals surface area contributed by atoms with Crippen molar-refractivity contribution in [2.24, 2.45) is 24.8 Å². The minimum absolute atomic E-state index is 0.0266. The van der Waals surface area contributed by atoms with E-state index in [9.17, 15) is 22.8 Å². The zero-order chi connectivity index (χ0) is 30.0. The lowest BCUT2D eigenvalue weighted by Crippen LogP contribution is -2.41. The van der Waals surface area contributed by atoms with Gasteiger partial charge in [-0.05, 0) is 60.1 Å². The maximum atomic E-state index is 13.2. The minimum atomic E-state index is -4.82. The molecule has 3 heterocycles. The Morgan fingerprint density at radius 1 is 1.14 bits per heavy atom. The highest BCUT2D eigenvalue weighted by molar-refractivity contribution is 5.78. The number of ether oxygens (including phenoxy) is 2. The number of halogens is 3. The Hall–Kier alpha value is -4.13. The van der Waals surface area contributed by atoms with Crippen molar-refractivity contribution in [3.8, 4) is 11.6 Å². The molecule has 3 atom stereocenters. The van der Waals surface area contributed by atoms with Gasteiger partial charge in [0.1, 0.15) is 5.75 Å². The van der Waals surface area contributed by atoms with Gasteiger partial charge in [-0.25, -0.2) is 9.78 Å². The fourth-order valence-electron chi connectivity index (χ4n) is 5.64. The number of carbonyl (C=O) groups excluding carboxylic acids is 2. The van der Waals surface area contributed by atoms with Crippen molar-refractivity contribution >= 4 is 12.0 Å². The van der Waals surface area contributed by atoms with Gasteiger partial charge in [-0.1, -0.05) is 12.1 Å². The first-order chi connectivity index (χ1) is 20.0. The zero-order valence-electron chi connectivity index (χ0n) is 23.6. The summed E-state index contributed by atoms with van der Waals surface area (Å²) in [6, 6.07) is 9.27. The van der Waals surface area contributed by atoms with Crippen LogP contribution in [0.25, 0.3) is 0 Å². The third kappa shape index (κ3) is 7.19. The highest BCUT2D eigenvalue weighted by Gasteiger charge is 2.56. The molecule has 1 saturated heterocycles. The fourth-order valence-corrected chi connectivity index (χ4v) is 5.64. The van der Waals surface area contributed by atoms with E-state index in [4.69, 9.17) is 4.74 Å². The second kappa shape index (κ2) is 12.0. The summed E-state index contributed by atoms with van der Waals surface area (Å²) in [6.07, 6.45) is 1.02. The van der Waals surface area contributed by atoms with Crippen molar-refractivity contribution in [1.82, 2.24) is 29.2 Å². The van der Waals surface area contributed by atoms with Gasteiger partial charge in [0.05, 0.1) is 25.1 Å². The molecular weight excluding hydrogens is 553 g/mol. The summed E-state index contributed by atoms with van der Waals surface area (Å²) in [5.41, 5.74) is 1.48. The molecule has 224 valence electrons. The van der Waals surface area contributed by atoms with Gasteiger partial charge in [0, 0.05) is 52.7 Å². The van der Waals surface area contributed by atoms with Gasteiger partial charge in [0.2, 0.25) is 11.8 Å². The number of piperidine rings is 1. The Balaban J connectivity index is 1.19. The molecule has 2 aromatic heterocycles. The topological polar surface area (TPSA) is 93.0 Å². The number of benzene rings is 1. The summed E-state index contributed by atoms with van der Waals surface area (Å²) < 4.78 is 49.4. The highest BCUT2D eigenvalue weighted by atomic mass is 19.4. The van der Waals surface area contributed by atoms with Crippen molar-refractivity contribution < 1.29 is 32.2 Å². The molecule has 1 aliphatic carbocycles. The normalized spacial score (nSPS) is 20.5. The predicted molar refractivity (Wildman–Crippen MR) is 145 cm³/mol. The van der Waals surface area contributed by atoms with Crippen LogP contribution in [0.1, 0.15) is 24.1 Å². The maximum Gasteiger partial charge on any atom is 0.573 e. The molecule has 0 bridgehead atoms. The number of aromatic nitrogens is 3. The van der Waals surface area contributed by atoms with E-state index in [1.165, 1.54) is 29.4 Å². The van der Waals surface area contributed by atoms with E-state index in [1.807, 2.05) is 19.1 Å². The molecule has 2 aliphatic rings. The molecule has 3 unspecified atom stereocenters. The molecule has 0 N–H and O–H groups in total. The molecule has 2 fully saturated rings. The number of rotatable bonds is 10. The third-order valence-electron chi connectivity index (χ3n) is 8.04. The fraction of sp³-hybridized carbons (Fsp3) is 0.448. The molecule has 0 spiro atoms. The number of aryl methyl sites for hydroxylation is 1. The molecule has 3 aromatic rings. The van der Waals surface area contributed by atoms with Crippen LogP contribution in [-0.2, 0) is 18.4 Å². The number of fused-ring (bicyclic) bond motifs is 1. The third-order valence-corrected chi connectivity index (χ3v) is 8.04. The Morgan fingerprint density at radius 2 is 1.86 bits per heavy atom. The quantitative estimate of drug-likeness (QED) is 0.353.